The molecule has 0 aliphatic heterocycles. The van der Waals surface area contributed by atoms with Gasteiger partial charge in [0.15, 0.2) is 0 Å². The number of carbonyl (C=O) groups is 2. The van der Waals surface area contributed by atoms with E-state index in [4.69, 9.17) is 11.0 Å². The third-order valence-electron chi connectivity index (χ3n) is 5.51. The number of amides is 2. The maximum atomic E-state index is 12.8. The smallest absolute Gasteiger partial charge is 0.257 e. The molecule has 1 heterocycles. The molecule has 3 N–H and O–H groups in total. The Kier molecular flexibility index (Phi) is 6.55. The highest BCUT2D eigenvalue weighted by Gasteiger charge is 2.16. The van der Waals surface area contributed by atoms with Gasteiger partial charge in [0.25, 0.3) is 5.91 Å². The molecule has 0 unspecified atom stereocenters. The topological polar surface area (TPSA) is 117 Å². The minimum atomic E-state index is -0.438. The molecule has 4 rings (SSSR count). The third kappa shape index (κ3) is 5.05. The fraction of sp³-hybridized carbons (Fsp3) is 0.154. The van der Waals surface area contributed by atoms with Crippen LogP contribution in [0.4, 0.5) is 11.6 Å². The highest BCUT2D eigenvalue weighted by molar-refractivity contribution is 6.04. The molecule has 0 spiro atoms. The second-order valence-corrected chi connectivity index (χ2v) is 7.96. The van der Waals surface area contributed by atoms with Crippen LogP contribution in [0.25, 0.3) is 11.0 Å². The molecule has 2 amide bonds. The molecule has 8 heteroatoms. The molecule has 3 aromatic carbocycles. The van der Waals surface area contributed by atoms with E-state index < -0.39 is 5.91 Å². The average molecular weight is 453 g/mol. The summed E-state index contributed by atoms with van der Waals surface area (Å²) in [4.78, 5) is 31.0. The summed E-state index contributed by atoms with van der Waals surface area (Å²) in [5.74, 6) is -0.462. The lowest BCUT2D eigenvalue weighted by Gasteiger charge is -2.19. The molecule has 1 aromatic heterocycles. The van der Waals surface area contributed by atoms with Crippen LogP contribution in [-0.2, 0) is 17.9 Å². The van der Waals surface area contributed by atoms with E-state index in [1.54, 1.807) is 28.8 Å². The lowest BCUT2D eigenvalue weighted by atomic mass is 10.1. The van der Waals surface area contributed by atoms with Gasteiger partial charge in [-0.3, -0.25) is 14.9 Å². The van der Waals surface area contributed by atoms with Gasteiger partial charge in [0.1, 0.15) is 0 Å². The van der Waals surface area contributed by atoms with Gasteiger partial charge in [-0.05, 0) is 54.1 Å². The Hall–Kier alpha value is -4.64. The summed E-state index contributed by atoms with van der Waals surface area (Å²) in [5.41, 5.74) is 9.90. The zero-order chi connectivity index (χ0) is 24.1. The van der Waals surface area contributed by atoms with Gasteiger partial charge < -0.3 is 15.2 Å². The van der Waals surface area contributed by atoms with E-state index in [2.05, 4.69) is 15.2 Å². The highest BCUT2D eigenvalue weighted by atomic mass is 16.2. The number of para-hydroxylation sites is 1. The molecular formula is C26H24N6O2. The molecule has 4 aromatic rings. The molecule has 8 nitrogen and oxygen atoms in total. The van der Waals surface area contributed by atoms with E-state index in [1.165, 1.54) is 0 Å². The minimum absolute atomic E-state index is 0.115. The molecule has 0 fully saturated rings. The lowest BCUT2D eigenvalue weighted by molar-refractivity contribution is -0.118. The number of aromatic nitrogens is 2. The maximum absolute atomic E-state index is 12.8. The van der Waals surface area contributed by atoms with Crippen LogP contribution in [0.1, 0.15) is 27.9 Å². The predicted octanol–water partition coefficient (Wildman–Crippen LogP) is 3.67. The fourth-order valence-corrected chi connectivity index (χ4v) is 3.73. The van der Waals surface area contributed by atoms with Crippen LogP contribution < -0.4 is 16.0 Å². The van der Waals surface area contributed by atoms with Gasteiger partial charge in [-0.25, -0.2) is 4.98 Å². The van der Waals surface area contributed by atoms with Crippen molar-refractivity contribution < 1.29 is 9.59 Å². The van der Waals surface area contributed by atoms with Gasteiger partial charge in [-0.2, -0.15) is 5.26 Å². The largest absolute Gasteiger partial charge is 0.370 e. The first-order valence-corrected chi connectivity index (χ1v) is 10.8. The van der Waals surface area contributed by atoms with Crippen LogP contribution in [-0.4, -0.2) is 28.4 Å². The number of nitrogens with zero attached hydrogens (tertiary/aromatic N) is 4. The molecule has 0 saturated heterocycles. The van der Waals surface area contributed by atoms with Crippen molar-refractivity contribution in [3.63, 3.8) is 0 Å². The molecule has 0 saturated carbocycles. The van der Waals surface area contributed by atoms with Gasteiger partial charge in [-0.1, -0.05) is 24.3 Å². The Morgan fingerprint density at radius 2 is 1.82 bits per heavy atom. The molecular weight excluding hydrogens is 428 g/mol. The molecule has 0 atom stereocenters. The van der Waals surface area contributed by atoms with Crippen LogP contribution in [0.15, 0.2) is 72.8 Å². The summed E-state index contributed by atoms with van der Waals surface area (Å²) >= 11 is 0. The fourth-order valence-electron chi connectivity index (χ4n) is 3.73. The molecule has 170 valence electrons. The van der Waals surface area contributed by atoms with Crippen molar-refractivity contribution in [1.29, 1.82) is 5.26 Å². The summed E-state index contributed by atoms with van der Waals surface area (Å²) in [6, 6.07) is 24.4. The number of nitriles is 1. The SMILES string of the molecule is CN(Cc1ccc2c(c1)nc(NC(=O)c1ccc(C#N)cc1)n2CCC(N)=O)c1ccccc1. The number of nitrogens with two attached hydrogens (primary N) is 1. The van der Waals surface area contributed by atoms with E-state index in [-0.39, 0.29) is 18.9 Å². The Balaban J connectivity index is 1.62. The van der Waals surface area contributed by atoms with E-state index in [0.717, 1.165) is 16.8 Å². The standard InChI is InChI=1S/C26H24N6O2/c1-31(21-5-3-2-4-6-21)17-19-9-12-23-22(15-19)29-26(32(23)14-13-24(28)33)30-25(34)20-10-7-18(16-27)8-11-20/h2-12,15H,13-14,17H2,1H3,(H2,28,33)(H,29,30,34). The Morgan fingerprint density at radius 1 is 1.09 bits per heavy atom. The third-order valence-corrected chi connectivity index (χ3v) is 5.51. The van der Waals surface area contributed by atoms with Crippen molar-refractivity contribution in [1.82, 2.24) is 9.55 Å². The Labute approximate surface area is 197 Å². The summed E-state index contributed by atoms with van der Waals surface area (Å²) in [7, 11) is 2.02. The maximum Gasteiger partial charge on any atom is 0.257 e. The van der Waals surface area contributed by atoms with Crippen molar-refractivity contribution >= 4 is 34.5 Å². The molecule has 0 radical (unpaired) electrons. The summed E-state index contributed by atoms with van der Waals surface area (Å²) in [5, 5.41) is 11.8. The van der Waals surface area contributed by atoms with Gasteiger partial charge in [0.2, 0.25) is 11.9 Å². The first-order valence-electron chi connectivity index (χ1n) is 10.8. The van der Waals surface area contributed by atoms with E-state index in [1.807, 2.05) is 61.6 Å². The summed E-state index contributed by atoms with van der Waals surface area (Å²) in [6.07, 6.45) is 0.115. The van der Waals surface area contributed by atoms with Crippen molar-refractivity contribution in [2.24, 2.45) is 5.73 Å². The average Bonchev–Trinajstić information content (AvgIpc) is 3.19. The second-order valence-electron chi connectivity index (χ2n) is 7.96. The highest BCUT2D eigenvalue weighted by Crippen LogP contribution is 2.24. The first kappa shape index (κ1) is 22.6. The lowest BCUT2D eigenvalue weighted by Crippen LogP contribution is -2.18. The van der Waals surface area contributed by atoms with Crippen LogP contribution >= 0.6 is 0 Å². The summed E-state index contributed by atoms with van der Waals surface area (Å²) in [6.45, 7) is 0.971. The molecule has 0 aliphatic carbocycles. The number of hydrogen-bond donors (Lipinski definition) is 2. The number of nitrogens with one attached hydrogen (secondary N) is 1. The second kappa shape index (κ2) is 9.88. The first-order chi connectivity index (χ1) is 16.4. The Morgan fingerprint density at radius 3 is 2.50 bits per heavy atom. The van der Waals surface area contributed by atoms with Crippen LogP contribution in [0.5, 0.6) is 0 Å². The number of rotatable bonds is 8. The number of imidazole rings is 1. The van der Waals surface area contributed by atoms with Gasteiger partial charge in [0.05, 0.1) is 22.7 Å². The van der Waals surface area contributed by atoms with Crippen LogP contribution in [0, 0.1) is 11.3 Å². The zero-order valence-electron chi connectivity index (χ0n) is 18.7. The number of anilines is 2. The Bertz CT molecular complexity index is 1370. The van der Waals surface area contributed by atoms with E-state index >= 15 is 0 Å². The van der Waals surface area contributed by atoms with Gasteiger partial charge in [0, 0.05) is 37.8 Å². The number of aryl methyl sites for hydroxylation is 1. The minimum Gasteiger partial charge on any atom is -0.370 e. The number of carbonyl (C=O) groups excluding carboxylic acids is 2. The number of hydrogen-bond acceptors (Lipinski definition) is 5. The summed E-state index contributed by atoms with van der Waals surface area (Å²) < 4.78 is 1.78. The molecule has 0 aliphatic rings. The predicted molar refractivity (Wildman–Crippen MR) is 131 cm³/mol. The number of fused-ring (bicyclic) bond motifs is 1. The van der Waals surface area contributed by atoms with Gasteiger partial charge in [-0.15, -0.1) is 0 Å². The van der Waals surface area contributed by atoms with Crippen molar-refractivity contribution in [3.8, 4) is 6.07 Å². The molecule has 0 bridgehead atoms. The number of primary amides is 1. The van der Waals surface area contributed by atoms with Crippen molar-refractivity contribution in [2.75, 3.05) is 17.3 Å². The number of benzene rings is 3. The normalized spacial score (nSPS) is 10.6. The van der Waals surface area contributed by atoms with E-state index in [0.29, 0.717) is 29.1 Å². The monoisotopic (exact) mass is 452 g/mol. The van der Waals surface area contributed by atoms with Crippen LogP contribution in [0.3, 0.4) is 0 Å². The zero-order valence-corrected chi connectivity index (χ0v) is 18.7. The van der Waals surface area contributed by atoms with Gasteiger partial charge >= 0.3 is 0 Å². The van der Waals surface area contributed by atoms with E-state index in [9.17, 15) is 9.59 Å². The van der Waals surface area contributed by atoms with Crippen molar-refractivity contribution in [2.45, 2.75) is 19.5 Å². The van der Waals surface area contributed by atoms with Crippen LogP contribution in [0.2, 0.25) is 0 Å². The quantitative estimate of drug-likeness (QED) is 0.423. The molecule has 34 heavy (non-hydrogen) atoms. The van der Waals surface area contributed by atoms with Crippen molar-refractivity contribution in [3.05, 3.63) is 89.5 Å².